The van der Waals surface area contributed by atoms with Crippen molar-refractivity contribution in [2.24, 2.45) is 0 Å². The fourth-order valence-corrected chi connectivity index (χ4v) is 8.28. The molecule has 0 aliphatic rings. The van der Waals surface area contributed by atoms with Crippen LogP contribution in [0.2, 0.25) is 0 Å². The van der Waals surface area contributed by atoms with Gasteiger partial charge in [0.2, 0.25) is 0 Å². The molecule has 0 bridgehead atoms. The Balaban J connectivity index is 1.07. The van der Waals surface area contributed by atoms with E-state index < -0.39 is 0 Å². The van der Waals surface area contributed by atoms with Gasteiger partial charge in [0, 0.05) is 11.1 Å². The molecule has 0 N–H and O–H groups in total. The van der Waals surface area contributed by atoms with Gasteiger partial charge >= 0.3 is 0 Å². The predicted octanol–water partition coefficient (Wildman–Crippen LogP) is 16.1. The number of rotatable bonds is 9. The second kappa shape index (κ2) is 16.5. The van der Waals surface area contributed by atoms with Crippen molar-refractivity contribution in [2.75, 3.05) is 0 Å². The van der Waals surface area contributed by atoms with Crippen LogP contribution in [0.1, 0.15) is 0 Å². The molecule has 1 heteroatoms. The van der Waals surface area contributed by atoms with Crippen LogP contribution in [0.3, 0.4) is 0 Å². The van der Waals surface area contributed by atoms with Crippen LogP contribution in [0.4, 0.5) is 0 Å². The number of hydrogen-bond acceptors (Lipinski definition) is 1. The van der Waals surface area contributed by atoms with Gasteiger partial charge in [0.25, 0.3) is 0 Å². The van der Waals surface area contributed by atoms with Crippen molar-refractivity contribution in [1.82, 2.24) is 4.98 Å². The van der Waals surface area contributed by atoms with E-state index in [4.69, 9.17) is 4.98 Å². The molecule has 0 saturated carbocycles. The van der Waals surface area contributed by atoms with E-state index in [1.807, 2.05) is 0 Å². The molecule has 0 atom stereocenters. The van der Waals surface area contributed by atoms with E-state index in [-0.39, 0.29) is 0 Å². The molecule has 1 aromatic heterocycles. The van der Waals surface area contributed by atoms with Gasteiger partial charge in [-0.05, 0) is 114 Å². The fraction of sp³-hybridized carbons (Fsp3) is 0. The maximum atomic E-state index is 5.40. The summed E-state index contributed by atoms with van der Waals surface area (Å²) in [6.45, 7) is 0. The molecule has 1 heterocycles. The first kappa shape index (κ1) is 36.5. The van der Waals surface area contributed by atoms with E-state index in [2.05, 4.69) is 249 Å². The summed E-state index contributed by atoms with van der Waals surface area (Å²) in [7, 11) is 0. The molecule has 0 aliphatic carbocycles. The molecule has 1 nitrogen and oxygen atoms in total. The van der Waals surface area contributed by atoms with Gasteiger partial charge in [0.1, 0.15) is 0 Å². The molecule has 0 radical (unpaired) electrons. The number of benzene rings is 9. The standard InChI is InChI=1S/C59H41N/c1-4-18-42(19-5-1)45-24-14-26-47(36-45)49-28-16-30-51(38-49)54-32-10-11-34-56(54)53-40-58(44-22-8-3-9-23-44)60-59(41-53)57-35-13-12-33-55(57)52-31-17-29-50(39-52)48-27-15-25-46(37-48)43-20-6-2-7-21-43/h1-41H. The van der Waals surface area contributed by atoms with Gasteiger partial charge in [-0.1, -0.05) is 212 Å². The minimum absolute atomic E-state index is 0.930. The summed E-state index contributed by atoms with van der Waals surface area (Å²) < 4.78 is 0. The highest BCUT2D eigenvalue weighted by Gasteiger charge is 2.16. The average Bonchev–Trinajstić information content (AvgIpc) is 3.35. The smallest absolute Gasteiger partial charge is 0.0721 e. The molecular formula is C59H41N. The molecule has 10 rings (SSSR count). The summed E-state index contributed by atoms with van der Waals surface area (Å²) in [6, 6.07) is 89.1. The van der Waals surface area contributed by atoms with Crippen molar-refractivity contribution in [1.29, 1.82) is 0 Å². The van der Waals surface area contributed by atoms with Crippen molar-refractivity contribution in [2.45, 2.75) is 0 Å². The molecule has 0 unspecified atom stereocenters. The highest BCUT2D eigenvalue weighted by molar-refractivity contribution is 5.91. The van der Waals surface area contributed by atoms with Crippen LogP contribution in [0.25, 0.3) is 100 Å². The molecule has 0 fully saturated rings. The first-order chi connectivity index (χ1) is 29.7. The first-order valence-electron chi connectivity index (χ1n) is 20.5. The quantitative estimate of drug-likeness (QED) is 0.143. The first-order valence-corrected chi connectivity index (χ1v) is 20.5. The Kier molecular flexibility index (Phi) is 10.1. The molecule has 0 saturated heterocycles. The van der Waals surface area contributed by atoms with E-state index in [1.54, 1.807) is 0 Å². The van der Waals surface area contributed by atoms with Gasteiger partial charge in [0.05, 0.1) is 11.4 Å². The second-order valence-corrected chi connectivity index (χ2v) is 15.1. The second-order valence-electron chi connectivity index (χ2n) is 15.1. The Hall–Kier alpha value is -7.87. The largest absolute Gasteiger partial charge is 0.248 e. The van der Waals surface area contributed by atoms with Crippen LogP contribution in [-0.4, -0.2) is 4.98 Å². The Morgan fingerprint density at radius 3 is 0.900 bits per heavy atom. The zero-order valence-corrected chi connectivity index (χ0v) is 33.1. The Morgan fingerprint density at radius 2 is 0.450 bits per heavy atom. The summed E-state index contributed by atoms with van der Waals surface area (Å²) in [5, 5.41) is 0. The third kappa shape index (κ3) is 7.61. The van der Waals surface area contributed by atoms with Crippen LogP contribution in [-0.2, 0) is 0 Å². The third-order valence-corrected chi connectivity index (χ3v) is 11.3. The van der Waals surface area contributed by atoms with Crippen LogP contribution in [0, 0.1) is 0 Å². The molecule has 0 amide bonds. The molecule has 9 aromatic carbocycles. The van der Waals surface area contributed by atoms with E-state index in [0.717, 1.165) is 44.8 Å². The fourth-order valence-electron chi connectivity index (χ4n) is 8.28. The number of hydrogen-bond donors (Lipinski definition) is 0. The van der Waals surface area contributed by atoms with Crippen LogP contribution in [0.5, 0.6) is 0 Å². The summed E-state index contributed by atoms with van der Waals surface area (Å²) in [4.78, 5) is 5.40. The summed E-state index contributed by atoms with van der Waals surface area (Å²) >= 11 is 0. The van der Waals surface area contributed by atoms with Gasteiger partial charge < -0.3 is 0 Å². The highest BCUT2D eigenvalue weighted by atomic mass is 14.7. The number of aromatic nitrogens is 1. The molecule has 60 heavy (non-hydrogen) atoms. The maximum absolute atomic E-state index is 5.40. The summed E-state index contributed by atoms with van der Waals surface area (Å²) in [5.74, 6) is 0. The minimum Gasteiger partial charge on any atom is -0.248 e. The van der Waals surface area contributed by atoms with Crippen molar-refractivity contribution < 1.29 is 0 Å². The third-order valence-electron chi connectivity index (χ3n) is 11.3. The minimum atomic E-state index is 0.930. The Morgan fingerprint density at radius 1 is 0.167 bits per heavy atom. The van der Waals surface area contributed by atoms with Crippen LogP contribution in [0.15, 0.2) is 249 Å². The Labute approximate surface area is 352 Å². The molecule has 282 valence electrons. The highest BCUT2D eigenvalue weighted by Crippen LogP contribution is 2.40. The van der Waals surface area contributed by atoms with Gasteiger partial charge in [-0.15, -0.1) is 0 Å². The van der Waals surface area contributed by atoms with Crippen LogP contribution < -0.4 is 0 Å². The van der Waals surface area contributed by atoms with Crippen molar-refractivity contribution in [3.05, 3.63) is 249 Å². The van der Waals surface area contributed by atoms with Gasteiger partial charge in [-0.2, -0.15) is 0 Å². The normalized spacial score (nSPS) is 11.0. The zero-order chi connectivity index (χ0) is 40.1. The SMILES string of the molecule is c1ccc(-c2cccc(-c3cccc(-c4ccccc4-c4cc(-c5ccccc5)nc(-c5ccccc5-c5cccc(-c6cccc(-c7ccccc7)c6)c5)c4)c3)c2)cc1. The van der Waals surface area contributed by atoms with Crippen molar-refractivity contribution in [3.8, 4) is 100 Å². The lowest BCUT2D eigenvalue weighted by atomic mass is 9.90. The Bertz CT molecular complexity index is 2890. The monoisotopic (exact) mass is 763 g/mol. The topological polar surface area (TPSA) is 12.9 Å². The van der Waals surface area contributed by atoms with Gasteiger partial charge in [-0.25, -0.2) is 4.98 Å². The predicted molar refractivity (Wildman–Crippen MR) is 253 cm³/mol. The lowest BCUT2D eigenvalue weighted by Gasteiger charge is -2.16. The zero-order valence-electron chi connectivity index (χ0n) is 33.1. The van der Waals surface area contributed by atoms with E-state index in [9.17, 15) is 0 Å². The lowest BCUT2D eigenvalue weighted by Crippen LogP contribution is -1.94. The van der Waals surface area contributed by atoms with Crippen molar-refractivity contribution in [3.63, 3.8) is 0 Å². The lowest BCUT2D eigenvalue weighted by molar-refractivity contribution is 1.32. The molecule has 10 aromatic rings. The number of pyridine rings is 1. The number of nitrogens with zero attached hydrogens (tertiary/aromatic N) is 1. The van der Waals surface area contributed by atoms with E-state index >= 15 is 0 Å². The summed E-state index contributed by atoms with van der Waals surface area (Å²) in [5.41, 5.74) is 20.5. The van der Waals surface area contributed by atoms with Crippen LogP contribution >= 0.6 is 0 Å². The average molecular weight is 764 g/mol. The summed E-state index contributed by atoms with van der Waals surface area (Å²) in [6.07, 6.45) is 0. The van der Waals surface area contributed by atoms with E-state index in [0.29, 0.717) is 0 Å². The van der Waals surface area contributed by atoms with Crippen molar-refractivity contribution >= 4 is 0 Å². The molecule has 0 aliphatic heterocycles. The maximum Gasteiger partial charge on any atom is 0.0721 e. The van der Waals surface area contributed by atoms with Gasteiger partial charge in [0.15, 0.2) is 0 Å². The molecular weight excluding hydrogens is 723 g/mol. The van der Waals surface area contributed by atoms with E-state index in [1.165, 1.54) is 55.6 Å². The van der Waals surface area contributed by atoms with Gasteiger partial charge in [-0.3, -0.25) is 0 Å². The molecule has 0 spiro atoms.